The van der Waals surface area contributed by atoms with E-state index in [0.717, 1.165) is 47.0 Å². The molecule has 1 aromatic carbocycles. The van der Waals surface area contributed by atoms with Crippen LogP contribution in [0, 0.1) is 4.77 Å². The predicted octanol–water partition coefficient (Wildman–Crippen LogP) is 3.48. The van der Waals surface area contributed by atoms with E-state index in [1.165, 1.54) is 15.8 Å². The van der Waals surface area contributed by atoms with E-state index in [0.29, 0.717) is 6.67 Å². The summed E-state index contributed by atoms with van der Waals surface area (Å²) in [6.07, 6.45) is 4.45. The zero-order valence-corrected chi connectivity index (χ0v) is 17.9. The van der Waals surface area contributed by atoms with Crippen molar-refractivity contribution in [1.29, 1.82) is 0 Å². The highest BCUT2D eigenvalue weighted by Gasteiger charge is 2.18. The van der Waals surface area contributed by atoms with Gasteiger partial charge in [0, 0.05) is 36.3 Å². The molecule has 1 unspecified atom stereocenters. The third kappa shape index (κ3) is 3.75. The van der Waals surface area contributed by atoms with Crippen molar-refractivity contribution in [3.8, 4) is 11.4 Å². The van der Waals surface area contributed by atoms with E-state index in [-0.39, 0.29) is 0 Å². The monoisotopic (exact) mass is 408 g/mol. The number of aryl methyl sites for hydroxylation is 1. The van der Waals surface area contributed by atoms with Gasteiger partial charge in [0.25, 0.3) is 0 Å². The molecular formula is C22H26N5OS+. The Morgan fingerprint density at radius 1 is 1.10 bits per heavy atom. The Labute approximate surface area is 175 Å². The summed E-state index contributed by atoms with van der Waals surface area (Å²) in [6, 6.07) is 12.2. The standard InChI is InChI=1S/C22H25N5OS/c1-4-19-18(17-8-6-7-9-20(17)28-19)14-25(3)15-27-22(29)26(5-2)21(24-27)16-10-12-23-13-11-16/h6-13H,4-5,14-15H2,1-3H3/p+1. The van der Waals surface area contributed by atoms with Crippen molar-refractivity contribution in [2.75, 3.05) is 7.05 Å². The van der Waals surface area contributed by atoms with Gasteiger partial charge in [-0.25, -0.2) is 0 Å². The summed E-state index contributed by atoms with van der Waals surface area (Å²) in [5.41, 5.74) is 3.26. The van der Waals surface area contributed by atoms with E-state index in [9.17, 15) is 0 Å². The van der Waals surface area contributed by atoms with Gasteiger partial charge in [-0.15, -0.1) is 5.10 Å². The van der Waals surface area contributed by atoms with Crippen molar-refractivity contribution in [2.45, 2.75) is 40.0 Å². The molecule has 0 saturated heterocycles. The van der Waals surface area contributed by atoms with Crippen LogP contribution in [-0.4, -0.2) is 26.4 Å². The number of rotatable bonds is 7. The van der Waals surface area contributed by atoms with Crippen LogP contribution in [0.2, 0.25) is 0 Å². The average molecular weight is 409 g/mol. The van der Waals surface area contributed by atoms with E-state index in [1.807, 2.05) is 28.9 Å². The van der Waals surface area contributed by atoms with Crippen LogP contribution in [0.25, 0.3) is 22.4 Å². The highest BCUT2D eigenvalue weighted by molar-refractivity contribution is 7.71. The zero-order chi connectivity index (χ0) is 20.4. The van der Waals surface area contributed by atoms with E-state index in [2.05, 4.69) is 42.6 Å². The largest absolute Gasteiger partial charge is 0.461 e. The normalized spacial score (nSPS) is 12.5. The SMILES string of the molecule is CCc1oc2ccccc2c1C[NH+](C)Cn1nc(-c2ccncc2)n(CC)c1=S. The molecule has 0 amide bonds. The van der Waals surface area contributed by atoms with Crippen LogP contribution >= 0.6 is 12.2 Å². The summed E-state index contributed by atoms with van der Waals surface area (Å²) in [5, 5.41) is 6.03. The molecule has 29 heavy (non-hydrogen) atoms. The van der Waals surface area contributed by atoms with Gasteiger partial charge in [-0.05, 0) is 37.3 Å². The maximum Gasteiger partial charge on any atom is 0.203 e. The maximum atomic E-state index is 6.06. The number of quaternary nitrogens is 1. The van der Waals surface area contributed by atoms with Gasteiger partial charge in [0.1, 0.15) is 17.9 Å². The minimum Gasteiger partial charge on any atom is -0.461 e. The summed E-state index contributed by atoms with van der Waals surface area (Å²) in [6.45, 7) is 6.55. The Morgan fingerprint density at radius 3 is 2.59 bits per heavy atom. The molecule has 150 valence electrons. The van der Waals surface area contributed by atoms with Crippen molar-refractivity contribution in [1.82, 2.24) is 19.3 Å². The lowest BCUT2D eigenvalue weighted by molar-refractivity contribution is -0.917. The first kappa shape index (κ1) is 19.5. The summed E-state index contributed by atoms with van der Waals surface area (Å²) < 4.78 is 10.8. The Morgan fingerprint density at radius 2 is 1.86 bits per heavy atom. The molecule has 1 N–H and O–H groups in total. The zero-order valence-electron chi connectivity index (χ0n) is 17.1. The third-order valence-electron chi connectivity index (χ3n) is 5.18. The van der Waals surface area contributed by atoms with Gasteiger partial charge in [-0.2, -0.15) is 4.68 Å². The molecule has 6 nitrogen and oxygen atoms in total. The van der Waals surface area contributed by atoms with Gasteiger partial charge in [-0.1, -0.05) is 25.1 Å². The van der Waals surface area contributed by atoms with Crippen molar-refractivity contribution in [3.63, 3.8) is 0 Å². The fraction of sp³-hybridized carbons (Fsp3) is 0.318. The predicted molar refractivity (Wildman–Crippen MR) is 116 cm³/mol. The van der Waals surface area contributed by atoms with Crippen molar-refractivity contribution >= 4 is 23.2 Å². The summed E-state index contributed by atoms with van der Waals surface area (Å²) in [7, 11) is 2.17. The number of aromatic nitrogens is 4. The number of furan rings is 1. The minimum absolute atomic E-state index is 0.687. The van der Waals surface area contributed by atoms with Crippen LogP contribution in [0.4, 0.5) is 0 Å². The summed E-state index contributed by atoms with van der Waals surface area (Å²) >= 11 is 5.72. The van der Waals surface area contributed by atoms with E-state index in [1.54, 1.807) is 12.4 Å². The van der Waals surface area contributed by atoms with Crippen LogP contribution in [0.1, 0.15) is 25.2 Å². The second kappa shape index (κ2) is 8.31. The molecule has 0 aliphatic heterocycles. The number of benzene rings is 1. The van der Waals surface area contributed by atoms with E-state index in [4.69, 9.17) is 21.7 Å². The minimum atomic E-state index is 0.687. The van der Waals surface area contributed by atoms with Gasteiger partial charge >= 0.3 is 0 Å². The Balaban J connectivity index is 1.62. The number of nitrogens with one attached hydrogen (secondary N) is 1. The molecule has 0 bridgehead atoms. The number of nitrogens with zero attached hydrogens (tertiary/aromatic N) is 4. The lowest BCUT2D eigenvalue weighted by atomic mass is 10.1. The first-order valence-electron chi connectivity index (χ1n) is 10.0. The molecule has 3 aromatic heterocycles. The topological polar surface area (TPSA) is 53.2 Å². The van der Waals surface area contributed by atoms with Crippen LogP contribution < -0.4 is 4.90 Å². The van der Waals surface area contributed by atoms with Crippen LogP contribution in [-0.2, 0) is 26.2 Å². The molecule has 0 aliphatic carbocycles. The van der Waals surface area contributed by atoms with Crippen LogP contribution in [0.3, 0.4) is 0 Å². The molecule has 4 aromatic rings. The lowest BCUT2D eigenvalue weighted by Gasteiger charge is -2.14. The fourth-order valence-corrected chi connectivity index (χ4v) is 4.11. The van der Waals surface area contributed by atoms with Crippen LogP contribution in [0.15, 0.2) is 53.2 Å². The maximum absolute atomic E-state index is 6.06. The molecule has 0 saturated carbocycles. The average Bonchev–Trinajstić information content (AvgIpc) is 3.26. The van der Waals surface area contributed by atoms with Crippen molar-refractivity contribution < 1.29 is 9.32 Å². The van der Waals surface area contributed by atoms with Crippen molar-refractivity contribution in [2.24, 2.45) is 0 Å². The number of para-hydroxylation sites is 1. The molecule has 1 atom stereocenters. The second-order valence-electron chi connectivity index (χ2n) is 7.23. The number of hydrogen-bond acceptors (Lipinski definition) is 4. The van der Waals surface area contributed by atoms with Gasteiger partial charge in [-0.3, -0.25) is 4.98 Å². The quantitative estimate of drug-likeness (QED) is 0.476. The fourth-order valence-electron chi connectivity index (χ4n) is 3.79. The van der Waals surface area contributed by atoms with Gasteiger partial charge < -0.3 is 13.9 Å². The van der Waals surface area contributed by atoms with Crippen molar-refractivity contribution in [3.05, 3.63) is 64.9 Å². The first-order chi connectivity index (χ1) is 14.1. The number of fused-ring (bicyclic) bond motifs is 1. The molecule has 7 heteroatoms. The van der Waals surface area contributed by atoms with Gasteiger partial charge in [0.15, 0.2) is 12.5 Å². The van der Waals surface area contributed by atoms with Crippen LogP contribution in [0.5, 0.6) is 0 Å². The Hall–Kier alpha value is -2.77. The molecule has 0 fully saturated rings. The highest BCUT2D eigenvalue weighted by atomic mass is 32.1. The molecule has 3 heterocycles. The summed E-state index contributed by atoms with van der Waals surface area (Å²) in [4.78, 5) is 5.40. The van der Waals surface area contributed by atoms with Gasteiger partial charge in [0.05, 0.1) is 12.6 Å². The smallest absolute Gasteiger partial charge is 0.203 e. The van der Waals surface area contributed by atoms with E-state index < -0.39 is 0 Å². The Bertz CT molecular complexity index is 1180. The summed E-state index contributed by atoms with van der Waals surface area (Å²) in [5.74, 6) is 1.95. The Kier molecular flexibility index (Phi) is 5.60. The molecule has 0 radical (unpaired) electrons. The number of pyridine rings is 1. The second-order valence-corrected chi connectivity index (χ2v) is 7.60. The first-order valence-corrected chi connectivity index (χ1v) is 10.4. The highest BCUT2D eigenvalue weighted by Crippen LogP contribution is 2.25. The number of hydrogen-bond donors (Lipinski definition) is 1. The molecule has 0 aliphatic rings. The van der Waals surface area contributed by atoms with E-state index >= 15 is 0 Å². The lowest BCUT2D eigenvalue weighted by Crippen LogP contribution is -3.07. The molecule has 0 spiro atoms. The molecule has 4 rings (SSSR count). The third-order valence-corrected chi connectivity index (χ3v) is 5.61. The van der Waals surface area contributed by atoms with Gasteiger partial charge in [0.2, 0.25) is 4.77 Å². The molecular weight excluding hydrogens is 382 g/mol.